The van der Waals surface area contributed by atoms with Crippen LogP contribution in [0.15, 0.2) is 42.7 Å². The molecule has 0 aliphatic heterocycles. The summed E-state index contributed by atoms with van der Waals surface area (Å²) in [6.45, 7) is -0.0468. The molecule has 4 nitrogen and oxygen atoms in total. The second kappa shape index (κ2) is 5.63. The van der Waals surface area contributed by atoms with E-state index in [0.29, 0.717) is 5.52 Å². The van der Waals surface area contributed by atoms with Gasteiger partial charge in [-0.15, -0.1) is 0 Å². The Bertz CT molecular complexity index is 931. The third-order valence-corrected chi connectivity index (χ3v) is 3.60. The summed E-state index contributed by atoms with van der Waals surface area (Å²) in [6.07, 6.45) is -3.18. The van der Waals surface area contributed by atoms with Gasteiger partial charge in [0.25, 0.3) is 0 Å². The number of hydrogen-bond acceptors (Lipinski definition) is 2. The third-order valence-electron chi connectivity index (χ3n) is 3.60. The van der Waals surface area contributed by atoms with E-state index in [2.05, 4.69) is 4.98 Å². The molecule has 0 aliphatic rings. The standard InChI is InChI=1S/C16H10F4N2O2/c17-14-9(2-1-3-11(14)15(23)24)7-22-8-21-12-6-10(16(18,19)20)4-5-13(12)22/h1-6,8H,7H2,(H,23,24). The van der Waals surface area contributed by atoms with Crippen molar-refractivity contribution in [3.8, 4) is 0 Å². The van der Waals surface area contributed by atoms with Gasteiger partial charge in [-0.3, -0.25) is 0 Å². The van der Waals surface area contributed by atoms with E-state index in [1.165, 1.54) is 29.1 Å². The van der Waals surface area contributed by atoms with Gasteiger partial charge in [0.05, 0.1) is 35.0 Å². The molecule has 0 bridgehead atoms. The molecule has 0 radical (unpaired) electrons. The zero-order valence-electron chi connectivity index (χ0n) is 12.0. The minimum atomic E-state index is -4.47. The number of alkyl halides is 3. The monoisotopic (exact) mass is 338 g/mol. The van der Waals surface area contributed by atoms with Gasteiger partial charge in [-0.25, -0.2) is 14.2 Å². The Labute approximate surface area is 133 Å². The second-order valence-electron chi connectivity index (χ2n) is 5.16. The third kappa shape index (κ3) is 2.82. The highest BCUT2D eigenvalue weighted by Crippen LogP contribution is 2.31. The van der Waals surface area contributed by atoms with Crippen LogP contribution >= 0.6 is 0 Å². The van der Waals surface area contributed by atoms with Crippen LogP contribution in [-0.4, -0.2) is 20.6 Å². The zero-order chi connectivity index (χ0) is 17.5. The maximum atomic E-state index is 14.2. The van der Waals surface area contributed by atoms with E-state index in [9.17, 15) is 22.4 Å². The Hall–Kier alpha value is -2.90. The Morgan fingerprint density at radius 2 is 1.96 bits per heavy atom. The summed E-state index contributed by atoms with van der Waals surface area (Å²) in [6, 6.07) is 7.05. The van der Waals surface area contributed by atoms with Crippen molar-refractivity contribution in [2.24, 2.45) is 0 Å². The summed E-state index contributed by atoms with van der Waals surface area (Å²) < 4.78 is 53.7. The van der Waals surface area contributed by atoms with Crippen LogP contribution in [0.25, 0.3) is 11.0 Å². The molecular weight excluding hydrogens is 328 g/mol. The van der Waals surface area contributed by atoms with Crippen LogP contribution in [0.5, 0.6) is 0 Å². The highest BCUT2D eigenvalue weighted by Gasteiger charge is 2.30. The quantitative estimate of drug-likeness (QED) is 0.736. The first-order valence-electron chi connectivity index (χ1n) is 6.80. The van der Waals surface area contributed by atoms with E-state index in [1.807, 2.05) is 0 Å². The first-order valence-corrected chi connectivity index (χ1v) is 6.80. The van der Waals surface area contributed by atoms with Crippen LogP contribution in [0.1, 0.15) is 21.5 Å². The fourth-order valence-corrected chi connectivity index (χ4v) is 2.42. The SMILES string of the molecule is O=C(O)c1cccc(Cn2cnc3cc(C(F)(F)F)ccc32)c1F. The van der Waals surface area contributed by atoms with Crippen molar-refractivity contribution in [2.45, 2.75) is 12.7 Å². The average Bonchev–Trinajstić information content (AvgIpc) is 2.90. The van der Waals surface area contributed by atoms with Crippen molar-refractivity contribution in [3.05, 3.63) is 65.2 Å². The van der Waals surface area contributed by atoms with Crippen molar-refractivity contribution < 1.29 is 27.5 Å². The number of fused-ring (bicyclic) bond motifs is 1. The summed E-state index contributed by atoms with van der Waals surface area (Å²) in [5.41, 5.74) is -0.660. The van der Waals surface area contributed by atoms with Crippen molar-refractivity contribution in [1.82, 2.24) is 9.55 Å². The number of halogens is 4. The number of imidazole rings is 1. The molecule has 1 N–H and O–H groups in total. The number of carboxylic acids is 1. The molecule has 3 aromatic rings. The van der Waals surface area contributed by atoms with Gasteiger partial charge in [0.15, 0.2) is 0 Å². The smallest absolute Gasteiger partial charge is 0.416 e. The van der Waals surface area contributed by atoms with Crippen LogP contribution in [0.3, 0.4) is 0 Å². The van der Waals surface area contributed by atoms with Crippen molar-refractivity contribution in [2.75, 3.05) is 0 Å². The molecule has 0 spiro atoms. The summed E-state index contributed by atoms with van der Waals surface area (Å²) >= 11 is 0. The van der Waals surface area contributed by atoms with Gasteiger partial charge < -0.3 is 9.67 Å². The summed E-state index contributed by atoms with van der Waals surface area (Å²) in [4.78, 5) is 14.9. The van der Waals surface area contributed by atoms with E-state index >= 15 is 0 Å². The molecule has 3 rings (SSSR count). The maximum absolute atomic E-state index is 14.2. The number of benzene rings is 2. The first-order chi connectivity index (χ1) is 11.3. The van der Waals surface area contributed by atoms with Gasteiger partial charge in [-0.2, -0.15) is 13.2 Å². The lowest BCUT2D eigenvalue weighted by Crippen LogP contribution is -2.07. The summed E-state index contributed by atoms with van der Waals surface area (Å²) in [5.74, 6) is -2.27. The topological polar surface area (TPSA) is 55.1 Å². The predicted molar refractivity (Wildman–Crippen MR) is 77.2 cm³/mol. The average molecular weight is 338 g/mol. The lowest BCUT2D eigenvalue weighted by atomic mass is 10.1. The van der Waals surface area contributed by atoms with Crippen LogP contribution < -0.4 is 0 Å². The summed E-state index contributed by atoms with van der Waals surface area (Å²) in [7, 11) is 0. The number of carbonyl (C=O) groups is 1. The molecule has 24 heavy (non-hydrogen) atoms. The number of carboxylic acid groups (broad SMARTS) is 1. The Morgan fingerprint density at radius 1 is 1.21 bits per heavy atom. The number of hydrogen-bond donors (Lipinski definition) is 1. The lowest BCUT2D eigenvalue weighted by Gasteiger charge is -2.09. The molecule has 0 atom stereocenters. The van der Waals surface area contributed by atoms with Crippen LogP contribution in [0.2, 0.25) is 0 Å². The van der Waals surface area contributed by atoms with E-state index in [0.717, 1.165) is 18.2 Å². The predicted octanol–water partition coefficient (Wildman–Crippen LogP) is 3.94. The highest BCUT2D eigenvalue weighted by atomic mass is 19.4. The van der Waals surface area contributed by atoms with Crippen molar-refractivity contribution in [3.63, 3.8) is 0 Å². The van der Waals surface area contributed by atoms with Crippen molar-refractivity contribution >= 4 is 17.0 Å². The zero-order valence-corrected chi connectivity index (χ0v) is 12.0. The van der Waals surface area contributed by atoms with Crippen LogP contribution in [0, 0.1) is 5.82 Å². The minimum absolute atomic E-state index is 0.0468. The molecule has 0 saturated heterocycles. The first kappa shape index (κ1) is 16.0. The number of rotatable bonds is 3. The van der Waals surface area contributed by atoms with E-state index in [-0.39, 0.29) is 17.6 Å². The van der Waals surface area contributed by atoms with Gasteiger partial charge in [0.1, 0.15) is 5.82 Å². The van der Waals surface area contributed by atoms with Gasteiger partial charge in [0.2, 0.25) is 0 Å². The maximum Gasteiger partial charge on any atom is 0.416 e. The van der Waals surface area contributed by atoms with Gasteiger partial charge in [-0.1, -0.05) is 12.1 Å². The largest absolute Gasteiger partial charge is 0.478 e. The fourth-order valence-electron chi connectivity index (χ4n) is 2.42. The second-order valence-corrected chi connectivity index (χ2v) is 5.16. The molecular formula is C16H10F4N2O2. The van der Waals surface area contributed by atoms with Crippen LogP contribution in [0.4, 0.5) is 17.6 Å². The summed E-state index contributed by atoms with van der Waals surface area (Å²) in [5, 5.41) is 8.93. The number of aromatic carboxylic acids is 1. The van der Waals surface area contributed by atoms with E-state index in [4.69, 9.17) is 5.11 Å². The molecule has 8 heteroatoms. The lowest BCUT2D eigenvalue weighted by molar-refractivity contribution is -0.137. The molecule has 0 saturated carbocycles. The molecule has 0 unspecified atom stereocenters. The molecule has 1 aromatic heterocycles. The van der Waals surface area contributed by atoms with Gasteiger partial charge in [-0.05, 0) is 24.3 Å². The molecule has 2 aromatic carbocycles. The Kier molecular flexibility index (Phi) is 3.75. The molecule has 1 heterocycles. The van der Waals surface area contributed by atoms with Crippen LogP contribution in [-0.2, 0) is 12.7 Å². The minimum Gasteiger partial charge on any atom is -0.478 e. The van der Waals surface area contributed by atoms with Gasteiger partial charge >= 0.3 is 12.1 Å². The molecule has 0 fully saturated rings. The number of nitrogens with zero attached hydrogens (tertiary/aromatic N) is 2. The van der Waals surface area contributed by atoms with Gasteiger partial charge in [0, 0.05) is 5.56 Å². The fraction of sp³-hybridized carbons (Fsp3) is 0.125. The Balaban J connectivity index is 2.00. The molecule has 0 aliphatic carbocycles. The Morgan fingerprint density at radius 3 is 2.62 bits per heavy atom. The van der Waals surface area contributed by atoms with Crippen molar-refractivity contribution in [1.29, 1.82) is 0 Å². The van der Waals surface area contributed by atoms with E-state index in [1.54, 1.807) is 0 Å². The highest BCUT2D eigenvalue weighted by molar-refractivity contribution is 5.88. The number of aromatic nitrogens is 2. The normalized spacial score (nSPS) is 11.8. The van der Waals surface area contributed by atoms with E-state index < -0.39 is 29.1 Å². The molecule has 0 amide bonds. The molecule has 124 valence electrons.